The van der Waals surface area contributed by atoms with Crippen molar-refractivity contribution in [2.24, 2.45) is 17.1 Å². The van der Waals surface area contributed by atoms with Crippen LogP contribution in [0, 0.1) is 11.3 Å². The van der Waals surface area contributed by atoms with E-state index in [4.69, 9.17) is 5.73 Å². The Kier molecular flexibility index (Phi) is 6.88. The van der Waals surface area contributed by atoms with Crippen molar-refractivity contribution < 1.29 is 0 Å². The van der Waals surface area contributed by atoms with E-state index in [2.05, 4.69) is 58.2 Å². The monoisotopic (exact) mass is 300 g/mol. The molecule has 1 saturated heterocycles. The van der Waals surface area contributed by atoms with Crippen LogP contribution in [0.25, 0.3) is 0 Å². The van der Waals surface area contributed by atoms with Gasteiger partial charge in [-0.25, -0.2) is 0 Å². The van der Waals surface area contributed by atoms with Crippen LogP contribution in [0.5, 0.6) is 0 Å². The highest BCUT2D eigenvalue weighted by atomic mass is 32.2. The van der Waals surface area contributed by atoms with Crippen molar-refractivity contribution >= 4 is 11.8 Å². The fraction of sp³-hybridized carbons (Fsp3) is 1.00. The molecule has 0 amide bonds. The molecule has 0 aromatic heterocycles. The van der Waals surface area contributed by atoms with Crippen LogP contribution < -0.4 is 5.73 Å². The maximum atomic E-state index is 6.38. The smallest absolute Gasteiger partial charge is 0.0475 e. The van der Waals surface area contributed by atoms with Crippen molar-refractivity contribution in [3.63, 3.8) is 0 Å². The maximum absolute atomic E-state index is 6.38. The van der Waals surface area contributed by atoms with Crippen LogP contribution in [0.1, 0.15) is 60.8 Å². The molecule has 1 unspecified atom stereocenters. The van der Waals surface area contributed by atoms with Gasteiger partial charge in [0.05, 0.1) is 0 Å². The van der Waals surface area contributed by atoms with E-state index in [-0.39, 0.29) is 5.54 Å². The molecule has 120 valence electrons. The van der Waals surface area contributed by atoms with E-state index in [1.807, 2.05) is 0 Å². The average molecular weight is 301 g/mol. The van der Waals surface area contributed by atoms with E-state index < -0.39 is 0 Å². The number of nitrogens with two attached hydrogens (primary N) is 1. The van der Waals surface area contributed by atoms with E-state index in [1.54, 1.807) is 0 Å². The van der Waals surface area contributed by atoms with Crippen molar-refractivity contribution in [3.05, 3.63) is 0 Å². The molecule has 0 bridgehead atoms. The maximum Gasteiger partial charge on any atom is 0.0475 e. The molecule has 0 aromatic rings. The molecule has 3 heteroatoms. The first-order valence-electron chi connectivity index (χ1n) is 8.39. The van der Waals surface area contributed by atoms with Crippen molar-refractivity contribution in [2.45, 2.75) is 72.4 Å². The highest BCUT2D eigenvalue weighted by Crippen LogP contribution is 2.47. The first-order chi connectivity index (χ1) is 9.34. The highest BCUT2D eigenvalue weighted by molar-refractivity contribution is 7.99. The largest absolute Gasteiger partial charge is 0.329 e. The molecule has 2 nitrogen and oxygen atoms in total. The van der Waals surface area contributed by atoms with Crippen LogP contribution in [0.3, 0.4) is 0 Å². The summed E-state index contributed by atoms with van der Waals surface area (Å²) in [5.74, 6) is 3.18. The van der Waals surface area contributed by atoms with Crippen LogP contribution in [0.15, 0.2) is 0 Å². The minimum Gasteiger partial charge on any atom is -0.329 e. The number of hydrogen-bond acceptors (Lipinski definition) is 3. The van der Waals surface area contributed by atoms with Gasteiger partial charge in [0.25, 0.3) is 0 Å². The fourth-order valence-electron chi connectivity index (χ4n) is 3.72. The first kappa shape index (κ1) is 18.3. The van der Waals surface area contributed by atoms with Crippen LogP contribution in [-0.4, -0.2) is 41.1 Å². The quantitative estimate of drug-likeness (QED) is 0.771. The second-order valence-electron chi connectivity index (χ2n) is 7.44. The fourth-order valence-corrected chi connectivity index (χ4v) is 5.53. The number of hydrogen-bond donors (Lipinski definition) is 1. The van der Waals surface area contributed by atoms with Gasteiger partial charge >= 0.3 is 0 Å². The van der Waals surface area contributed by atoms with E-state index in [9.17, 15) is 0 Å². The Morgan fingerprint density at radius 2 is 1.80 bits per heavy atom. The summed E-state index contributed by atoms with van der Waals surface area (Å²) in [7, 11) is 0. The summed E-state index contributed by atoms with van der Waals surface area (Å²) in [6, 6.07) is 0.666. The lowest BCUT2D eigenvalue weighted by molar-refractivity contribution is -0.0375. The summed E-state index contributed by atoms with van der Waals surface area (Å²) in [4.78, 5) is 2.80. The average Bonchev–Trinajstić information content (AvgIpc) is 2.38. The normalized spacial score (nSPS) is 26.7. The third-order valence-corrected chi connectivity index (χ3v) is 6.48. The predicted molar refractivity (Wildman–Crippen MR) is 93.4 cm³/mol. The molecular weight excluding hydrogens is 264 g/mol. The minimum atomic E-state index is 0.164. The lowest BCUT2D eigenvalue weighted by atomic mass is 9.68. The molecular formula is C17H36N2S. The zero-order chi connectivity index (χ0) is 15.4. The minimum absolute atomic E-state index is 0.164. The molecule has 1 aliphatic rings. The van der Waals surface area contributed by atoms with Gasteiger partial charge in [-0.15, -0.1) is 0 Å². The van der Waals surface area contributed by atoms with Gasteiger partial charge in [-0.3, -0.25) is 4.90 Å². The second-order valence-corrected chi connectivity index (χ2v) is 8.54. The van der Waals surface area contributed by atoms with E-state index in [0.717, 1.165) is 6.54 Å². The Morgan fingerprint density at radius 3 is 2.20 bits per heavy atom. The van der Waals surface area contributed by atoms with Crippen molar-refractivity contribution in [1.29, 1.82) is 0 Å². The third-order valence-electron chi connectivity index (χ3n) is 5.30. The Balaban J connectivity index is 3.17. The molecule has 0 aliphatic carbocycles. The lowest BCUT2D eigenvalue weighted by Crippen LogP contribution is -2.68. The summed E-state index contributed by atoms with van der Waals surface area (Å²) in [6.45, 7) is 16.2. The molecule has 0 saturated carbocycles. The van der Waals surface area contributed by atoms with Gasteiger partial charge in [0.2, 0.25) is 0 Å². The van der Waals surface area contributed by atoms with Gasteiger partial charge < -0.3 is 5.73 Å². The summed E-state index contributed by atoms with van der Waals surface area (Å²) in [6.07, 6.45) is 3.74. The molecule has 1 rings (SSSR count). The van der Waals surface area contributed by atoms with E-state index in [0.29, 0.717) is 17.4 Å². The summed E-state index contributed by atoms with van der Waals surface area (Å²) < 4.78 is 0. The van der Waals surface area contributed by atoms with E-state index in [1.165, 1.54) is 37.3 Å². The zero-order valence-corrected chi connectivity index (χ0v) is 15.4. The Labute approximate surface area is 131 Å². The number of thioether (sulfide) groups is 1. The molecule has 0 aromatic carbocycles. The van der Waals surface area contributed by atoms with Crippen LogP contribution >= 0.6 is 11.8 Å². The molecule has 20 heavy (non-hydrogen) atoms. The van der Waals surface area contributed by atoms with Gasteiger partial charge in [-0.1, -0.05) is 41.5 Å². The van der Waals surface area contributed by atoms with Crippen LogP contribution in [-0.2, 0) is 0 Å². The molecule has 0 radical (unpaired) electrons. The van der Waals surface area contributed by atoms with Crippen molar-refractivity contribution in [2.75, 3.05) is 24.6 Å². The summed E-state index contributed by atoms with van der Waals surface area (Å²) >= 11 is 2.10. The highest BCUT2D eigenvalue weighted by Gasteiger charge is 2.51. The van der Waals surface area contributed by atoms with Crippen LogP contribution in [0.4, 0.5) is 0 Å². The van der Waals surface area contributed by atoms with Gasteiger partial charge in [0, 0.05) is 30.4 Å². The van der Waals surface area contributed by atoms with Gasteiger partial charge in [-0.2, -0.15) is 11.8 Å². The van der Waals surface area contributed by atoms with Crippen LogP contribution in [0.2, 0.25) is 0 Å². The van der Waals surface area contributed by atoms with Gasteiger partial charge in [0.1, 0.15) is 0 Å². The van der Waals surface area contributed by atoms with Crippen molar-refractivity contribution in [3.8, 4) is 0 Å². The lowest BCUT2D eigenvalue weighted by Gasteiger charge is -2.58. The molecule has 2 N–H and O–H groups in total. The Hall–Kier alpha value is 0.270. The second kappa shape index (κ2) is 7.51. The summed E-state index contributed by atoms with van der Waals surface area (Å²) in [5, 5.41) is 0. The summed E-state index contributed by atoms with van der Waals surface area (Å²) in [5.41, 5.74) is 6.86. The number of rotatable bonds is 7. The van der Waals surface area contributed by atoms with Gasteiger partial charge in [0.15, 0.2) is 0 Å². The Morgan fingerprint density at radius 1 is 1.20 bits per heavy atom. The molecule has 1 heterocycles. The molecule has 1 aliphatic heterocycles. The molecule has 1 fully saturated rings. The zero-order valence-electron chi connectivity index (χ0n) is 14.5. The molecule has 1 atom stereocenters. The Bertz CT molecular complexity index is 287. The predicted octanol–water partition coefficient (Wildman–Crippen LogP) is 3.99. The van der Waals surface area contributed by atoms with Crippen molar-refractivity contribution in [1.82, 2.24) is 4.90 Å². The number of nitrogens with zero attached hydrogens (tertiary/aromatic N) is 1. The topological polar surface area (TPSA) is 29.3 Å². The molecule has 0 spiro atoms. The first-order valence-corrected chi connectivity index (χ1v) is 9.54. The van der Waals surface area contributed by atoms with Gasteiger partial charge in [-0.05, 0) is 36.3 Å². The SMILES string of the molecule is CCC(CC)N(CC(C)C)C1(CN)CSCCC1(C)C. The third kappa shape index (κ3) is 3.53. The standard InChI is InChI=1S/C17H36N2S/c1-7-15(8-2)19(11-14(3)4)17(12-18)13-20-10-9-16(17,5)6/h14-15H,7-13,18H2,1-6H3. The van der Waals surface area contributed by atoms with E-state index >= 15 is 0 Å².